The molecule has 0 heterocycles. The Hall–Kier alpha value is -0.170. The predicted octanol–water partition coefficient (Wildman–Crippen LogP) is 5.02. The average Bonchev–Trinajstić information content (AvgIpc) is 2.29. The minimum Gasteiger partial charge on any atom is -0.495 e. The van der Waals surface area contributed by atoms with Crippen LogP contribution in [-0.4, -0.2) is 26.5 Å². The van der Waals surface area contributed by atoms with E-state index in [1.54, 1.807) is 0 Å². The fourth-order valence-corrected chi connectivity index (χ4v) is 2.54. The highest BCUT2D eigenvalue weighted by Crippen LogP contribution is 2.37. The zero-order valence-corrected chi connectivity index (χ0v) is 12.8. The highest BCUT2D eigenvalue weighted by molar-refractivity contribution is 9.09. The van der Waals surface area contributed by atoms with Gasteiger partial charge in [-0.05, 0) is 11.6 Å². The van der Waals surface area contributed by atoms with E-state index in [1.807, 2.05) is 0 Å². The fraction of sp³-hybridized carbons (Fsp3) is 0.455. The first kappa shape index (κ1) is 16.9. The van der Waals surface area contributed by atoms with Gasteiger partial charge in [-0.3, -0.25) is 0 Å². The van der Waals surface area contributed by atoms with Gasteiger partial charge < -0.3 is 9.47 Å². The molecule has 0 saturated heterocycles. The topological polar surface area (TPSA) is 18.5 Å². The summed E-state index contributed by atoms with van der Waals surface area (Å²) >= 11 is 15.1. The molecule has 19 heavy (non-hydrogen) atoms. The van der Waals surface area contributed by atoms with E-state index in [1.165, 1.54) is 19.2 Å². The minimum atomic E-state index is -4.35. The van der Waals surface area contributed by atoms with E-state index in [2.05, 4.69) is 20.7 Å². The zero-order valence-electron chi connectivity index (χ0n) is 9.73. The summed E-state index contributed by atoms with van der Waals surface area (Å²) in [5.41, 5.74) is 0.537. The van der Waals surface area contributed by atoms with Crippen LogP contribution in [0.5, 0.6) is 5.75 Å². The molecule has 0 bridgehead atoms. The lowest BCUT2D eigenvalue weighted by atomic mass is 10.1. The zero-order chi connectivity index (χ0) is 14.6. The van der Waals surface area contributed by atoms with Crippen molar-refractivity contribution < 1.29 is 22.6 Å². The smallest absolute Gasteiger partial charge is 0.411 e. The Bertz CT molecular complexity index is 441. The Balaban J connectivity index is 2.72. The van der Waals surface area contributed by atoms with E-state index in [4.69, 9.17) is 27.9 Å². The molecule has 0 N–H and O–H groups in total. The number of hydrogen-bond acceptors (Lipinski definition) is 2. The molecular weight excluding hydrogens is 372 g/mol. The molecule has 0 fully saturated rings. The maximum atomic E-state index is 11.9. The lowest BCUT2D eigenvalue weighted by Crippen LogP contribution is -2.18. The van der Waals surface area contributed by atoms with Gasteiger partial charge in [0.1, 0.15) is 12.4 Å². The summed E-state index contributed by atoms with van der Waals surface area (Å²) in [5.74, 6) is 0.395. The summed E-state index contributed by atoms with van der Waals surface area (Å²) in [4.78, 5) is -0.495. The van der Waals surface area contributed by atoms with Crippen molar-refractivity contribution in [3.63, 3.8) is 0 Å². The van der Waals surface area contributed by atoms with Gasteiger partial charge in [-0.15, -0.1) is 0 Å². The molecule has 0 amide bonds. The lowest BCUT2D eigenvalue weighted by molar-refractivity contribution is -0.173. The molecule has 0 saturated carbocycles. The van der Waals surface area contributed by atoms with E-state index in [0.717, 1.165) is 0 Å². The van der Waals surface area contributed by atoms with Crippen LogP contribution in [0.2, 0.25) is 10.0 Å². The largest absolute Gasteiger partial charge is 0.495 e. The Labute approximate surface area is 126 Å². The van der Waals surface area contributed by atoms with Crippen LogP contribution in [0.1, 0.15) is 10.4 Å². The Morgan fingerprint density at radius 3 is 2.42 bits per heavy atom. The number of alkyl halides is 4. The molecule has 0 aliphatic carbocycles. The van der Waals surface area contributed by atoms with Crippen molar-refractivity contribution in [2.24, 2.45) is 0 Å². The number of methoxy groups -OCH3 is 1. The highest BCUT2D eigenvalue weighted by atomic mass is 79.9. The van der Waals surface area contributed by atoms with Crippen LogP contribution in [0, 0.1) is 0 Å². The van der Waals surface area contributed by atoms with Gasteiger partial charge in [0, 0.05) is 11.1 Å². The predicted molar refractivity (Wildman–Crippen MR) is 71.6 cm³/mol. The van der Waals surface area contributed by atoms with Crippen LogP contribution in [0.4, 0.5) is 13.2 Å². The molecule has 0 radical (unpaired) electrons. The van der Waals surface area contributed by atoms with Crippen molar-refractivity contribution in [3.8, 4) is 5.75 Å². The summed E-state index contributed by atoms with van der Waals surface area (Å²) in [5, 5.41) is 0.654. The maximum Gasteiger partial charge on any atom is 0.411 e. The van der Waals surface area contributed by atoms with Gasteiger partial charge in [0.2, 0.25) is 0 Å². The van der Waals surface area contributed by atoms with Gasteiger partial charge >= 0.3 is 6.18 Å². The molecule has 1 rings (SSSR count). The van der Waals surface area contributed by atoms with Crippen molar-refractivity contribution in [2.75, 3.05) is 20.3 Å². The lowest BCUT2D eigenvalue weighted by Gasteiger charge is -2.15. The Kier molecular flexibility index (Phi) is 6.23. The number of halogens is 6. The Morgan fingerprint density at radius 2 is 1.89 bits per heavy atom. The molecule has 0 spiro atoms. The molecule has 0 aliphatic heterocycles. The number of hydrogen-bond donors (Lipinski definition) is 0. The summed E-state index contributed by atoms with van der Waals surface area (Å²) in [6.07, 6.45) is -4.35. The van der Waals surface area contributed by atoms with Gasteiger partial charge in [0.25, 0.3) is 0 Å². The van der Waals surface area contributed by atoms with E-state index >= 15 is 0 Å². The first-order valence-corrected chi connectivity index (χ1v) is 6.73. The standard InChI is InChI=1S/C11H10BrCl2F3O2/c1-18-10-3-8(13)6(2-9(10)14)7(12)4-19-5-11(15,16)17/h2-3,7H,4-5H2,1H3. The van der Waals surface area contributed by atoms with Crippen molar-refractivity contribution >= 4 is 39.1 Å². The molecule has 0 aliphatic rings. The number of ether oxygens (including phenoxy) is 2. The molecule has 0 aromatic heterocycles. The minimum absolute atomic E-state index is 0.179. The monoisotopic (exact) mass is 380 g/mol. The van der Waals surface area contributed by atoms with E-state index in [-0.39, 0.29) is 6.61 Å². The van der Waals surface area contributed by atoms with Gasteiger partial charge in [0.05, 0.1) is 23.6 Å². The second-order valence-corrected chi connectivity index (χ2v) is 5.53. The normalized spacial score (nSPS) is 13.4. The van der Waals surface area contributed by atoms with Gasteiger partial charge in [0.15, 0.2) is 0 Å². The van der Waals surface area contributed by atoms with Crippen LogP contribution in [0.3, 0.4) is 0 Å². The summed E-state index contributed by atoms with van der Waals surface area (Å²) in [7, 11) is 1.44. The molecule has 1 aromatic rings. The average molecular weight is 382 g/mol. The SMILES string of the molecule is COc1cc(Cl)c(C(Br)COCC(F)(F)F)cc1Cl. The van der Waals surface area contributed by atoms with Crippen molar-refractivity contribution in [1.82, 2.24) is 0 Å². The van der Waals surface area contributed by atoms with Crippen molar-refractivity contribution in [1.29, 1.82) is 0 Å². The molecule has 1 unspecified atom stereocenters. The quantitative estimate of drug-likeness (QED) is 0.667. The third-order valence-corrected chi connectivity index (χ3v) is 3.52. The Morgan fingerprint density at radius 1 is 1.26 bits per heavy atom. The fourth-order valence-electron chi connectivity index (χ4n) is 1.31. The molecule has 2 nitrogen and oxygen atoms in total. The second-order valence-electron chi connectivity index (χ2n) is 3.61. The van der Waals surface area contributed by atoms with Gasteiger partial charge in [-0.1, -0.05) is 39.1 Å². The van der Waals surface area contributed by atoms with Gasteiger partial charge in [-0.25, -0.2) is 0 Å². The van der Waals surface area contributed by atoms with Crippen LogP contribution in [-0.2, 0) is 4.74 Å². The summed E-state index contributed by atoms with van der Waals surface area (Å²) in [6.45, 7) is -1.49. The first-order chi connectivity index (χ1) is 8.74. The van der Waals surface area contributed by atoms with Crippen LogP contribution in [0.25, 0.3) is 0 Å². The molecule has 1 atom stereocenters. The molecule has 8 heteroatoms. The van der Waals surface area contributed by atoms with E-state index in [0.29, 0.717) is 21.4 Å². The highest BCUT2D eigenvalue weighted by Gasteiger charge is 2.28. The molecular formula is C11H10BrCl2F3O2. The molecule has 108 valence electrons. The van der Waals surface area contributed by atoms with E-state index in [9.17, 15) is 13.2 Å². The summed E-state index contributed by atoms with van der Waals surface area (Å²) in [6, 6.07) is 3.02. The van der Waals surface area contributed by atoms with Crippen LogP contribution < -0.4 is 4.74 Å². The molecule has 1 aromatic carbocycles. The van der Waals surface area contributed by atoms with Gasteiger partial charge in [-0.2, -0.15) is 13.2 Å². The van der Waals surface area contributed by atoms with Crippen LogP contribution >= 0.6 is 39.1 Å². The third-order valence-electron chi connectivity index (χ3n) is 2.14. The first-order valence-electron chi connectivity index (χ1n) is 5.06. The number of rotatable bonds is 5. The van der Waals surface area contributed by atoms with Crippen LogP contribution in [0.15, 0.2) is 12.1 Å². The third kappa shape index (κ3) is 5.38. The van der Waals surface area contributed by atoms with Crippen molar-refractivity contribution in [2.45, 2.75) is 11.0 Å². The van der Waals surface area contributed by atoms with E-state index < -0.39 is 17.6 Å². The number of benzene rings is 1. The maximum absolute atomic E-state index is 11.9. The van der Waals surface area contributed by atoms with Crippen molar-refractivity contribution in [3.05, 3.63) is 27.7 Å². The second kappa shape index (κ2) is 7.02. The summed E-state index contributed by atoms with van der Waals surface area (Å²) < 4.78 is 45.4.